The van der Waals surface area contributed by atoms with Crippen molar-refractivity contribution in [3.8, 4) is 0 Å². The van der Waals surface area contributed by atoms with E-state index in [1.54, 1.807) is 0 Å². The summed E-state index contributed by atoms with van der Waals surface area (Å²) in [5.41, 5.74) is 4.92. The predicted octanol–water partition coefficient (Wildman–Crippen LogP) is 2.85. The second-order valence-electron chi connectivity index (χ2n) is 6.04. The molecular weight excluding hydrogens is 302 g/mol. The summed E-state index contributed by atoms with van der Waals surface area (Å²) in [6, 6.07) is 9.80. The lowest BCUT2D eigenvalue weighted by atomic mass is 10.1. The maximum Gasteiger partial charge on any atom is 0.245 e. The van der Waals surface area contributed by atoms with Gasteiger partial charge >= 0.3 is 0 Å². The zero-order chi connectivity index (χ0) is 17.2. The van der Waals surface area contributed by atoms with Gasteiger partial charge in [-0.2, -0.15) is 0 Å². The summed E-state index contributed by atoms with van der Waals surface area (Å²) in [5, 5.41) is 4.29. The van der Waals surface area contributed by atoms with Crippen molar-refractivity contribution in [2.75, 3.05) is 13.1 Å². The molecule has 1 aromatic rings. The minimum Gasteiger partial charge on any atom is -0.354 e. The maximum absolute atomic E-state index is 12.0. The largest absolute Gasteiger partial charge is 0.354 e. The van der Waals surface area contributed by atoms with E-state index >= 15 is 0 Å². The smallest absolute Gasteiger partial charge is 0.245 e. The van der Waals surface area contributed by atoms with Crippen LogP contribution in [0, 0.1) is 0 Å². The van der Waals surface area contributed by atoms with Gasteiger partial charge in [-0.25, -0.2) is 5.01 Å². The molecule has 5 heteroatoms. The molecule has 0 fully saturated rings. The Kier molecular flexibility index (Phi) is 7.33. The van der Waals surface area contributed by atoms with Crippen molar-refractivity contribution >= 4 is 17.5 Å². The number of unbranched alkanes of at least 4 members (excludes halogenated alkanes) is 4. The number of hydrazine groups is 1. The predicted molar refractivity (Wildman–Crippen MR) is 95.7 cm³/mol. The molecule has 2 amide bonds. The molecule has 0 bridgehead atoms. The quantitative estimate of drug-likeness (QED) is 0.685. The van der Waals surface area contributed by atoms with Crippen LogP contribution in [0.25, 0.3) is 5.70 Å². The molecule has 0 atom stereocenters. The van der Waals surface area contributed by atoms with Crippen LogP contribution in [0.4, 0.5) is 0 Å². The lowest BCUT2D eigenvalue weighted by Gasteiger charge is -2.28. The summed E-state index contributed by atoms with van der Waals surface area (Å²) in [6.45, 7) is 2.90. The van der Waals surface area contributed by atoms with Gasteiger partial charge in [0.15, 0.2) is 0 Å². The fourth-order valence-electron chi connectivity index (χ4n) is 2.64. The Morgan fingerprint density at radius 1 is 1.17 bits per heavy atom. The van der Waals surface area contributed by atoms with Gasteiger partial charge in [-0.1, -0.05) is 62.9 Å². The second-order valence-corrected chi connectivity index (χ2v) is 6.04. The molecular formula is C19H27N3O2. The first kappa shape index (κ1) is 18.0. The molecule has 0 radical (unpaired) electrons. The lowest BCUT2D eigenvalue weighted by Crippen LogP contribution is -2.49. The molecule has 0 unspecified atom stereocenters. The summed E-state index contributed by atoms with van der Waals surface area (Å²) >= 11 is 0. The number of carbonyl (C=O) groups is 2. The fourth-order valence-corrected chi connectivity index (χ4v) is 2.64. The zero-order valence-electron chi connectivity index (χ0n) is 14.4. The molecule has 1 aromatic carbocycles. The van der Waals surface area contributed by atoms with E-state index < -0.39 is 0 Å². The Balaban J connectivity index is 1.76. The van der Waals surface area contributed by atoms with Crippen LogP contribution in [-0.2, 0) is 9.59 Å². The molecule has 2 rings (SSSR count). The van der Waals surface area contributed by atoms with Gasteiger partial charge in [0.2, 0.25) is 11.8 Å². The standard InChI is InChI=1S/C19H27N3O2/c1-2-3-4-5-9-14-20-18(23)15-22-19(24)13-12-17(21-22)16-10-7-6-8-11-16/h6-8,10-12,21H,2-5,9,13-15H2,1H3,(H,20,23). The van der Waals surface area contributed by atoms with Gasteiger partial charge in [0.05, 0.1) is 5.70 Å². The van der Waals surface area contributed by atoms with Crippen LogP contribution < -0.4 is 10.7 Å². The van der Waals surface area contributed by atoms with Crippen LogP contribution in [0.3, 0.4) is 0 Å². The highest BCUT2D eigenvalue weighted by molar-refractivity contribution is 5.88. The molecule has 2 N–H and O–H groups in total. The van der Waals surface area contributed by atoms with Gasteiger partial charge in [-0.05, 0) is 18.1 Å². The third-order valence-electron chi connectivity index (χ3n) is 4.03. The van der Waals surface area contributed by atoms with Crippen molar-refractivity contribution < 1.29 is 9.59 Å². The molecule has 0 aromatic heterocycles. The van der Waals surface area contributed by atoms with Crippen molar-refractivity contribution in [1.29, 1.82) is 0 Å². The maximum atomic E-state index is 12.0. The fraction of sp³-hybridized carbons (Fsp3) is 0.474. The van der Waals surface area contributed by atoms with E-state index in [0.717, 1.165) is 24.1 Å². The number of nitrogens with zero attached hydrogens (tertiary/aromatic N) is 1. The second kappa shape index (κ2) is 9.75. The Bertz CT molecular complexity index is 569. The molecule has 1 aliphatic heterocycles. The van der Waals surface area contributed by atoms with E-state index in [2.05, 4.69) is 17.7 Å². The van der Waals surface area contributed by atoms with Crippen molar-refractivity contribution in [3.63, 3.8) is 0 Å². The normalized spacial score (nSPS) is 14.1. The number of nitrogens with one attached hydrogen (secondary N) is 2. The third kappa shape index (κ3) is 5.72. The molecule has 1 heterocycles. The van der Waals surface area contributed by atoms with Crippen molar-refractivity contribution in [2.24, 2.45) is 0 Å². The molecule has 1 aliphatic rings. The lowest BCUT2D eigenvalue weighted by molar-refractivity contribution is -0.137. The number of rotatable bonds is 9. The van der Waals surface area contributed by atoms with Crippen molar-refractivity contribution in [1.82, 2.24) is 15.8 Å². The van der Waals surface area contributed by atoms with Crippen LogP contribution in [0.5, 0.6) is 0 Å². The van der Waals surface area contributed by atoms with Crippen molar-refractivity contribution in [3.05, 3.63) is 42.0 Å². The minimum atomic E-state index is -0.124. The van der Waals surface area contributed by atoms with Gasteiger partial charge in [-0.3, -0.25) is 15.0 Å². The van der Waals surface area contributed by atoms with E-state index in [1.165, 1.54) is 24.3 Å². The number of hydrogen-bond donors (Lipinski definition) is 2. The molecule has 0 saturated heterocycles. The molecule has 0 spiro atoms. The van der Waals surface area contributed by atoms with Gasteiger partial charge in [0, 0.05) is 13.0 Å². The summed E-state index contributed by atoms with van der Waals surface area (Å²) in [4.78, 5) is 24.0. The van der Waals surface area contributed by atoms with Crippen LogP contribution in [-0.4, -0.2) is 29.9 Å². The number of amides is 2. The first-order chi connectivity index (χ1) is 11.7. The summed E-state index contributed by atoms with van der Waals surface area (Å²) in [6.07, 6.45) is 7.96. The highest BCUT2D eigenvalue weighted by Crippen LogP contribution is 2.16. The molecule has 24 heavy (non-hydrogen) atoms. The average molecular weight is 329 g/mol. The van der Waals surface area contributed by atoms with E-state index in [9.17, 15) is 9.59 Å². The highest BCUT2D eigenvalue weighted by atomic mass is 16.2. The van der Waals surface area contributed by atoms with Crippen LogP contribution in [0.2, 0.25) is 0 Å². The first-order valence-electron chi connectivity index (χ1n) is 8.80. The monoisotopic (exact) mass is 329 g/mol. The molecule has 130 valence electrons. The summed E-state index contributed by atoms with van der Waals surface area (Å²) in [7, 11) is 0. The van der Waals surface area contributed by atoms with E-state index in [4.69, 9.17) is 0 Å². The van der Waals surface area contributed by atoms with Crippen LogP contribution in [0.15, 0.2) is 36.4 Å². The third-order valence-corrected chi connectivity index (χ3v) is 4.03. The van der Waals surface area contributed by atoms with Gasteiger partial charge in [-0.15, -0.1) is 0 Å². The Labute approximate surface area is 144 Å². The van der Waals surface area contributed by atoms with E-state index in [-0.39, 0.29) is 18.4 Å². The summed E-state index contributed by atoms with van der Waals surface area (Å²) < 4.78 is 0. The number of benzene rings is 1. The topological polar surface area (TPSA) is 61.4 Å². The average Bonchev–Trinajstić information content (AvgIpc) is 2.60. The van der Waals surface area contributed by atoms with Crippen molar-refractivity contribution in [2.45, 2.75) is 45.4 Å². The van der Waals surface area contributed by atoms with E-state index in [1.807, 2.05) is 36.4 Å². The molecule has 5 nitrogen and oxygen atoms in total. The number of hydrogen-bond acceptors (Lipinski definition) is 3. The van der Waals surface area contributed by atoms with Gasteiger partial charge in [0.25, 0.3) is 0 Å². The SMILES string of the molecule is CCCCCCCNC(=O)CN1NC(c2ccccc2)=CCC1=O. The minimum absolute atomic E-state index is 0.0396. The van der Waals surface area contributed by atoms with Crippen LogP contribution >= 0.6 is 0 Å². The Morgan fingerprint density at radius 3 is 2.67 bits per heavy atom. The first-order valence-corrected chi connectivity index (χ1v) is 8.80. The Morgan fingerprint density at radius 2 is 1.92 bits per heavy atom. The highest BCUT2D eigenvalue weighted by Gasteiger charge is 2.21. The number of carbonyl (C=O) groups excluding carboxylic acids is 2. The van der Waals surface area contributed by atoms with Gasteiger partial charge < -0.3 is 5.32 Å². The van der Waals surface area contributed by atoms with Crippen LogP contribution in [0.1, 0.15) is 51.0 Å². The summed E-state index contributed by atoms with van der Waals surface area (Å²) in [5.74, 6) is -0.214. The van der Waals surface area contributed by atoms with Gasteiger partial charge in [0.1, 0.15) is 6.54 Å². The molecule has 0 aliphatic carbocycles. The Hall–Kier alpha value is -2.30. The zero-order valence-corrected chi connectivity index (χ0v) is 14.4. The molecule has 0 saturated carbocycles. The van der Waals surface area contributed by atoms with E-state index in [0.29, 0.717) is 13.0 Å².